The van der Waals surface area contributed by atoms with E-state index in [-0.39, 0.29) is 31.1 Å². The average Bonchev–Trinajstić information content (AvgIpc) is 1.69. The fraction of sp³-hybridized carbons (Fsp3) is 0.617. The molecular formula is C81H140N15O18P5. The van der Waals surface area contributed by atoms with Crippen LogP contribution in [-0.4, -0.2) is 409 Å². The minimum atomic E-state index is -1.24. The van der Waals surface area contributed by atoms with Gasteiger partial charge in [0.15, 0.2) is 31.1 Å². The molecule has 10 aliphatic rings. The summed E-state index contributed by atoms with van der Waals surface area (Å²) in [6.45, 7) is 39.9. The number of nitrogens with zero attached hydrogens (tertiary/aromatic N) is 11. The number of carbonyl (C=O) groups excluding carboxylic acids is 1. The van der Waals surface area contributed by atoms with Gasteiger partial charge in [0.25, 0.3) is 0 Å². The van der Waals surface area contributed by atoms with Crippen LogP contribution in [0, 0.1) is 0 Å². The second-order valence-corrected chi connectivity index (χ2v) is 56.4. The first kappa shape index (κ1) is 102. The molecule has 0 aromatic carbocycles. The zero-order valence-electron chi connectivity index (χ0n) is 72.9. The molecule has 0 aromatic rings. The highest BCUT2D eigenvalue weighted by molar-refractivity contribution is 7.73. The van der Waals surface area contributed by atoms with Crippen LogP contribution in [0.4, 0.5) is 0 Å². The fourth-order valence-corrected chi connectivity index (χ4v) is 18.5. The van der Waals surface area contributed by atoms with Crippen molar-refractivity contribution in [2.75, 3.05) is 139 Å². The molecule has 0 spiro atoms. The molecular weight excluding hydrogens is 1630 g/mol. The zero-order valence-corrected chi connectivity index (χ0v) is 77.4. The number of methoxy groups -OCH3 is 2. The number of amides is 1. The zero-order chi connectivity index (χ0) is 89.8. The van der Waals surface area contributed by atoms with Crippen molar-refractivity contribution in [1.82, 2.24) is 34.7 Å². The van der Waals surface area contributed by atoms with Crippen molar-refractivity contribution in [2.45, 2.75) is 182 Å². The molecule has 0 aromatic heterocycles. The molecule has 10 rings (SSSR count). The predicted octanol–water partition coefficient (Wildman–Crippen LogP) is 2.93. The van der Waals surface area contributed by atoms with Gasteiger partial charge in [0.2, 0.25) is 5.91 Å². The van der Waals surface area contributed by atoms with Gasteiger partial charge in [0, 0.05) is 88.5 Å². The molecule has 0 bridgehead atoms. The lowest BCUT2D eigenvalue weighted by molar-refractivity contribution is -0.117. The average molecular weight is 1770 g/mol. The number of rotatable bonds is 25. The number of hydrogen-bond acceptors (Lipinski definition) is 32. The highest BCUT2D eigenvalue weighted by Crippen LogP contribution is 2.45. The molecule has 672 valence electrons. The number of carbonyl (C=O) groups is 1. The molecule has 0 radical (unpaired) electrons. The fourth-order valence-electron chi connectivity index (χ4n) is 13.7. The Hall–Kier alpha value is -5.76. The molecule has 119 heavy (non-hydrogen) atoms. The number of aliphatic hydroxyl groups is 10. The van der Waals surface area contributed by atoms with Gasteiger partial charge in [-0.3, -0.25) is 4.79 Å². The van der Waals surface area contributed by atoms with Crippen molar-refractivity contribution in [3.63, 3.8) is 0 Å². The largest absolute Gasteiger partial charge is 0.391 e. The molecule has 33 nitrogen and oxygen atoms in total. The number of aliphatic hydroxyl groups excluding tert-OH is 10. The second kappa shape index (κ2) is 43.2. The maximum atomic E-state index is 11.3. The van der Waals surface area contributed by atoms with E-state index in [2.05, 4.69) is 161 Å². The van der Waals surface area contributed by atoms with Crippen LogP contribution < -0.4 is 22.5 Å². The maximum absolute atomic E-state index is 11.3. The minimum Gasteiger partial charge on any atom is -0.391 e. The molecule has 0 saturated carbocycles. The number of amidine groups is 5. The molecule has 10 heterocycles. The molecule has 0 aliphatic carbocycles. The normalized spacial score (nSPS) is 31.2. The summed E-state index contributed by atoms with van der Waals surface area (Å²) in [6, 6.07) is 0. The Labute approximate surface area is 705 Å². The quantitative estimate of drug-likeness (QED) is 0.0584. The Kier molecular flexibility index (Phi) is 37.1. The van der Waals surface area contributed by atoms with Gasteiger partial charge in [-0.05, 0) is 149 Å². The highest BCUT2D eigenvalue weighted by Gasteiger charge is 2.51. The Morgan fingerprint density at radius 1 is 0.471 bits per heavy atom. The summed E-state index contributed by atoms with van der Waals surface area (Å²) < 4.78 is 40.3. The van der Waals surface area contributed by atoms with Gasteiger partial charge in [-0.25, -0.2) is 25.0 Å². The first-order valence-corrected chi connectivity index (χ1v) is 54.7. The van der Waals surface area contributed by atoms with E-state index in [1.54, 1.807) is 53.7 Å². The standard InChI is InChI=1S/C18H30N3O4P.C17H30N3O3P.C16H28N3O4P.C15H26N3O4P.C15H26N3O3P/c1-7-13-10-21(11(2)19-17(13)20-12(3)22)18-16(24)15(23)14(25-18)8-9-26(4,5)6;1-12-18-14(19(2)3)8-10-20(12)17-16(22-4)15(21)13(23-17)9-11-24(5,6)7;1-10-18-15(17)11(9-22-2)8-19(10)16-14(21)13(20)12(23-16)6-7-24(3,4)5;1-9-17-14(16)10(8-19)7-18(9)15-13(21)12(20)11(22-15)5-6-23(2,3)4;1-9-8-18(10(2)17-14(9)16)15-13(20)12(19)11(21-15)6-7-22(3,4)5/h10,14-16,18,23-24H,2,4,7-9H2,1,3,5-6H3,(H,19,20,22);8,10,13,15-17,21H,1,5,9,11H2,2-4,6-7H3;8,12-14,16,20-21H,1,3,6-7,9H2,2,4-5H3,(H2,17,18);7,11-13,15,19-21H,1-2,5-6,8H2,3-4H3,(H2,16,17);8,11-13,15,19-20H,2-3,6-7H2,1,4-5H3,(H2,16,17)/t14-,15-,16-,18-;13-,15-,16-,17-;12-,13-,14-,16-;2*11-,12-,13-,15-/m11111/s1. The molecule has 0 unspecified atom stereocenters. The first-order valence-electron chi connectivity index (χ1n) is 39.5. The third-order valence-corrected chi connectivity index (χ3v) is 28.0. The van der Waals surface area contributed by atoms with Crippen molar-refractivity contribution in [3.8, 4) is 0 Å². The lowest BCUT2D eigenvalue weighted by Gasteiger charge is -2.33. The van der Waals surface area contributed by atoms with E-state index in [0.29, 0.717) is 89.9 Å². The predicted molar refractivity (Wildman–Crippen MR) is 494 cm³/mol. The Bertz CT molecular complexity index is 4230. The van der Waals surface area contributed by atoms with Crippen LogP contribution in [0.3, 0.4) is 0 Å². The van der Waals surface area contributed by atoms with Crippen LogP contribution in [0.5, 0.6) is 0 Å². The number of aliphatic imine (C=N–C) groups is 5. The topological polar surface area (TPSA) is 455 Å². The van der Waals surface area contributed by atoms with Crippen molar-refractivity contribution >= 4 is 101 Å². The Morgan fingerprint density at radius 2 is 0.782 bits per heavy atom. The van der Waals surface area contributed by atoms with E-state index >= 15 is 0 Å². The summed E-state index contributed by atoms with van der Waals surface area (Å²) >= 11 is 0. The molecule has 20 atom stereocenters. The summed E-state index contributed by atoms with van der Waals surface area (Å²) in [6.07, 6.45) is 25.1. The summed E-state index contributed by atoms with van der Waals surface area (Å²) in [4.78, 5) is 42.6. The van der Waals surface area contributed by atoms with Crippen molar-refractivity contribution in [3.05, 3.63) is 121 Å². The van der Waals surface area contributed by atoms with Gasteiger partial charge in [-0.15, -0.1) is 65.9 Å². The minimum absolute atomic E-state index is 0.182. The highest BCUT2D eigenvalue weighted by atomic mass is 31.2. The monoisotopic (exact) mass is 1770 g/mol. The van der Waals surface area contributed by atoms with Gasteiger partial charge in [-0.2, -0.15) is 0 Å². The second-order valence-electron chi connectivity index (χ2n) is 34.8. The number of hydrogen-bond donors (Lipinski definition) is 14. The third kappa shape index (κ3) is 28.6. The van der Waals surface area contributed by atoms with Crippen LogP contribution in [0.1, 0.15) is 59.3 Å². The van der Waals surface area contributed by atoms with Crippen LogP contribution in [0.25, 0.3) is 0 Å². The van der Waals surface area contributed by atoms with E-state index in [4.69, 9.17) is 50.4 Å². The van der Waals surface area contributed by atoms with Gasteiger partial charge in [0.1, 0.15) is 119 Å². The maximum Gasteiger partial charge on any atom is 0.222 e. The van der Waals surface area contributed by atoms with E-state index < -0.39 is 151 Å². The molecule has 10 aliphatic heterocycles. The molecule has 5 fully saturated rings. The number of nitrogens with one attached hydrogen (secondary N) is 1. The van der Waals surface area contributed by atoms with Crippen molar-refractivity contribution < 1.29 is 89.0 Å². The van der Waals surface area contributed by atoms with E-state index in [1.807, 2.05) is 50.0 Å². The molecule has 38 heteroatoms. The van der Waals surface area contributed by atoms with Gasteiger partial charge in [0.05, 0.1) is 43.7 Å². The number of likely N-dealkylation sites (N-methyl/N-ethyl adjacent to an activating group) is 1. The van der Waals surface area contributed by atoms with Gasteiger partial charge < -0.3 is 136 Å². The number of nitrogens with two attached hydrogens (primary N) is 3. The smallest absolute Gasteiger partial charge is 0.222 e. The summed E-state index contributed by atoms with van der Waals surface area (Å²) in [7, 11) is 7.02. The number of ether oxygens (including phenoxy) is 7. The molecule has 1 amide bonds. The van der Waals surface area contributed by atoms with Crippen molar-refractivity contribution in [1.29, 1.82) is 0 Å². The lowest BCUT2D eigenvalue weighted by atomic mass is 10.1. The van der Waals surface area contributed by atoms with Gasteiger partial charge in [-0.1, -0.05) is 39.8 Å². The third-order valence-electron chi connectivity index (χ3n) is 20.7. The van der Waals surface area contributed by atoms with Crippen LogP contribution in [-0.2, 0) is 38.0 Å². The summed E-state index contributed by atoms with van der Waals surface area (Å²) in [5.41, 5.74) is 20.0. The van der Waals surface area contributed by atoms with Crippen LogP contribution in [0.15, 0.2) is 146 Å². The first-order chi connectivity index (χ1) is 55.0. The van der Waals surface area contributed by atoms with Crippen LogP contribution >= 0.6 is 34.4 Å². The van der Waals surface area contributed by atoms with Crippen molar-refractivity contribution in [2.24, 2.45) is 42.2 Å². The van der Waals surface area contributed by atoms with E-state index in [1.165, 1.54) is 11.8 Å². The van der Waals surface area contributed by atoms with E-state index in [9.17, 15) is 55.9 Å². The van der Waals surface area contributed by atoms with Gasteiger partial charge >= 0.3 is 0 Å². The molecule has 5 saturated heterocycles. The molecule has 17 N–H and O–H groups in total. The summed E-state index contributed by atoms with van der Waals surface area (Å²) in [5.74, 6) is 3.93. The summed E-state index contributed by atoms with van der Waals surface area (Å²) in [5, 5.41) is 105. The SMILES string of the molecule is C=C1N=C(N(C)C)C=CN1[C@@H]1O[C@H](CCP(=C)(C)C)[C@@H](O)[C@H]1OC.C=C1N=C(N)C(C)=CN1[C@@H]1O[C@H](CCP(=C)(C)C)[C@@H](O)[C@H]1O.C=C1N=C(N)C(CO)=CN1[C@@H]1O[C@H](CCP(=C)(C)C)[C@@H](O)[C@H]1O.C=C1N=C(N)C(COC)=CN1[C@@H]1O[C@H](CCP(=C)(C)C)[C@@H](O)[C@H]1O.C=C1N=C(NC(C)=O)C(CC)=CN1[C@@H]1O[C@H](CCP(=C)(C)C)[C@@H](O)[C@H]1O. The Balaban J connectivity index is 0.000000231. The van der Waals surface area contributed by atoms with E-state index in [0.717, 1.165) is 54.2 Å². The Morgan fingerprint density at radius 3 is 1.10 bits per heavy atom. The lowest BCUT2D eigenvalue weighted by Crippen LogP contribution is -2.43. The van der Waals surface area contributed by atoms with Crippen LogP contribution in [0.2, 0.25) is 0 Å².